The summed E-state index contributed by atoms with van der Waals surface area (Å²) in [6, 6.07) is 16.6. The second-order valence-corrected chi connectivity index (χ2v) is 5.72. The van der Waals surface area contributed by atoms with E-state index in [1.54, 1.807) is 23.7 Å². The van der Waals surface area contributed by atoms with E-state index in [4.69, 9.17) is 9.47 Å². The molecule has 140 valence electrons. The predicted molar refractivity (Wildman–Crippen MR) is 98.7 cm³/mol. The summed E-state index contributed by atoms with van der Waals surface area (Å²) in [6.07, 6.45) is -0.637. The zero-order valence-corrected chi connectivity index (χ0v) is 15.2. The van der Waals surface area contributed by atoms with Crippen molar-refractivity contribution in [3.63, 3.8) is 0 Å². The van der Waals surface area contributed by atoms with Gasteiger partial charge in [0.2, 0.25) is 0 Å². The summed E-state index contributed by atoms with van der Waals surface area (Å²) in [5, 5.41) is 14.5. The highest BCUT2D eigenvalue weighted by atomic mass is 16.5. The Labute approximate surface area is 157 Å². The van der Waals surface area contributed by atoms with Crippen LogP contribution in [-0.2, 0) is 11.3 Å². The summed E-state index contributed by atoms with van der Waals surface area (Å²) in [5.41, 5.74) is 0.779. The summed E-state index contributed by atoms with van der Waals surface area (Å²) in [7, 11) is 0. The highest BCUT2D eigenvalue weighted by molar-refractivity contribution is 5.80. The number of carbonyl (C=O) groups is 1. The molecule has 3 rings (SSSR count). The molecule has 1 amide bonds. The van der Waals surface area contributed by atoms with Crippen molar-refractivity contribution in [2.45, 2.75) is 26.5 Å². The van der Waals surface area contributed by atoms with Gasteiger partial charge in [-0.3, -0.25) is 4.79 Å². The lowest BCUT2D eigenvalue weighted by atomic mass is 10.3. The zero-order chi connectivity index (χ0) is 19.1. The Hall–Kier alpha value is -3.42. The molecule has 3 aromatic rings. The van der Waals surface area contributed by atoms with Crippen molar-refractivity contribution < 1.29 is 14.3 Å². The van der Waals surface area contributed by atoms with Gasteiger partial charge in [-0.1, -0.05) is 18.2 Å². The fraction of sp³-hybridized carbons (Fsp3) is 0.263. The maximum atomic E-state index is 12.3. The van der Waals surface area contributed by atoms with Crippen molar-refractivity contribution in [1.82, 2.24) is 25.5 Å². The number of hydrogen-bond acceptors (Lipinski definition) is 6. The van der Waals surface area contributed by atoms with Crippen LogP contribution in [0.1, 0.15) is 19.7 Å². The molecule has 1 heterocycles. The summed E-state index contributed by atoms with van der Waals surface area (Å²) in [4.78, 5) is 12.3. The molecular weight excluding hydrogens is 346 g/mol. The molecule has 0 saturated heterocycles. The minimum Gasteiger partial charge on any atom is -0.494 e. The minimum absolute atomic E-state index is 0.182. The van der Waals surface area contributed by atoms with Crippen LogP contribution in [0.25, 0.3) is 5.69 Å². The molecule has 0 fully saturated rings. The maximum absolute atomic E-state index is 12.3. The van der Waals surface area contributed by atoms with Crippen molar-refractivity contribution in [3.05, 3.63) is 60.4 Å². The van der Waals surface area contributed by atoms with Gasteiger partial charge in [-0.25, -0.2) is 0 Å². The zero-order valence-electron chi connectivity index (χ0n) is 15.2. The van der Waals surface area contributed by atoms with Crippen LogP contribution in [0.2, 0.25) is 0 Å². The Bertz CT molecular complexity index is 865. The average molecular weight is 367 g/mol. The largest absolute Gasteiger partial charge is 0.494 e. The van der Waals surface area contributed by atoms with Crippen molar-refractivity contribution in [2.75, 3.05) is 6.61 Å². The van der Waals surface area contributed by atoms with Crippen LogP contribution in [0.5, 0.6) is 11.5 Å². The van der Waals surface area contributed by atoms with E-state index < -0.39 is 6.10 Å². The number of hydrogen-bond donors (Lipinski definition) is 1. The molecule has 0 spiro atoms. The smallest absolute Gasteiger partial charge is 0.261 e. The molecule has 8 heteroatoms. The van der Waals surface area contributed by atoms with Crippen LogP contribution in [0.3, 0.4) is 0 Å². The Kier molecular flexibility index (Phi) is 5.98. The van der Waals surface area contributed by atoms with E-state index >= 15 is 0 Å². The number of nitrogens with one attached hydrogen (secondary N) is 1. The van der Waals surface area contributed by atoms with Crippen molar-refractivity contribution in [2.24, 2.45) is 0 Å². The fourth-order valence-corrected chi connectivity index (χ4v) is 2.43. The van der Waals surface area contributed by atoms with Gasteiger partial charge in [0.15, 0.2) is 11.9 Å². The van der Waals surface area contributed by atoms with Gasteiger partial charge in [-0.05, 0) is 60.7 Å². The molecule has 0 unspecified atom stereocenters. The highest BCUT2D eigenvalue weighted by Crippen LogP contribution is 2.15. The summed E-state index contributed by atoms with van der Waals surface area (Å²) in [5.74, 6) is 1.68. The molecule has 1 aromatic heterocycles. The van der Waals surface area contributed by atoms with Gasteiger partial charge in [-0.15, -0.1) is 5.10 Å². The van der Waals surface area contributed by atoms with Crippen LogP contribution in [0, 0.1) is 0 Å². The third kappa shape index (κ3) is 4.81. The highest BCUT2D eigenvalue weighted by Gasteiger charge is 2.16. The van der Waals surface area contributed by atoms with Gasteiger partial charge in [0, 0.05) is 0 Å². The number of tetrazole rings is 1. The Balaban J connectivity index is 1.60. The number of carbonyl (C=O) groups excluding carboxylic acids is 1. The number of aromatic nitrogens is 4. The van der Waals surface area contributed by atoms with Gasteiger partial charge in [0.05, 0.1) is 18.8 Å². The third-order valence-corrected chi connectivity index (χ3v) is 3.77. The lowest BCUT2D eigenvalue weighted by Crippen LogP contribution is -2.36. The molecule has 0 aliphatic rings. The van der Waals surface area contributed by atoms with Crippen LogP contribution >= 0.6 is 0 Å². The number of rotatable bonds is 8. The number of para-hydroxylation sites is 1. The minimum atomic E-state index is -0.637. The molecular formula is C19H21N5O3. The molecule has 0 bridgehead atoms. The molecule has 0 radical (unpaired) electrons. The summed E-state index contributed by atoms with van der Waals surface area (Å²) >= 11 is 0. The number of amides is 1. The first-order valence-electron chi connectivity index (χ1n) is 8.67. The Morgan fingerprint density at radius 2 is 1.85 bits per heavy atom. The van der Waals surface area contributed by atoms with Gasteiger partial charge in [0.25, 0.3) is 5.91 Å². The normalized spacial score (nSPS) is 11.6. The molecule has 0 aliphatic heterocycles. The summed E-state index contributed by atoms with van der Waals surface area (Å²) in [6.45, 7) is 4.41. The summed E-state index contributed by atoms with van der Waals surface area (Å²) < 4.78 is 12.6. The van der Waals surface area contributed by atoms with E-state index in [-0.39, 0.29) is 12.5 Å². The number of nitrogens with zero attached hydrogens (tertiary/aromatic N) is 4. The van der Waals surface area contributed by atoms with Gasteiger partial charge >= 0.3 is 0 Å². The van der Waals surface area contributed by atoms with E-state index in [0.717, 1.165) is 11.4 Å². The first-order chi connectivity index (χ1) is 13.2. The van der Waals surface area contributed by atoms with Crippen LogP contribution < -0.4 is 14.8 Å². The van der Waals surface area contributed by atoms with Gasteiger partial charge in [-0.2, -0.15) is 4.68 Å². The van der Waals surface area contributed by atoms with Crippen LogP contribution in [0.15, 0.2) is 54.6 Å². The van der Waals surface area contributed by atoms with E-state index in [0.29, 0.717) is 18.2 Å². The SMILES string of the molecule is CCOc1ccc(-n2nnnc2CNC(=O)[C@H](C)Oc2ccccc2)cc1. The van der Waals surface area contributed by atoms with Gasteiger partial charge < -0.3 is 14.8 Å². The van der Waals surface area contributed by atoms with E-state index in [2.05, 4.69) is 20.8 Å². The predicted octanol–water partition coefficient (Wildman–Crippen LogP) is 2.14. The van der Waals surface area contributed by atoms with E-state index in [9.17, 15) is 4.79 Å². The molecule has 0 saturated carbocycles. The number of benzene rings is 2. The molecule has 2 aromatic carbocycles. The van der Waals surface area contributed by atoms with Crippen LogP contribution in [-0.4, -0.2) is 38.8 Å². The van der Waals surface area contributed by atoms with Gasteiger partial charge in [0.1, 0.15) is 11.5 Å². The third-order valence-electron chi connectivity index (χ3n) is 3.77. The first-order valence-corrected chi connectivity index (χ1v) is 8.67. The van der Waals surface area contributed by atoms with Crippen LogP contribution in [0.4, 0.5) is 0 Å². The standard InChI is InChI=1S/C19H21N5O3/c1-3-26-16-11-9-15(10-12-16)24-18(21-22-23-24)13-20-19(25)14(2)27-17-7-5-4-6-8-17/h4-12,14H,3,13H2,1-2H3,(H,20,25)/t14-/m0/s1. The average Bonchev–Trinajstić information content (AvgIpc) is 3.16. The molecule has 1 N–H and O–H groups in total. The maximum Gasteiger partial charge on any atom is 0.261 e. The fourth-order valence-electron chi connectivity index (χ4n) is 2.43. The second-order valence-electron chi connectivity index (χ2n) is 5.72. The molecule has 0 aliphatic carbocycles. The Morgan fingerprint density at radius 3 is 2.56 bits per heavy atom. The monoisotopic (exact) mass is 367 g/mol. The van der Waals surface area contributed by atoms with Crippen molar-refractivity contribution in [3.8, 4) is 17.2 Å². The molecule has 1 atom stereocenters. The van der Waals surface area contributed by atoms with Crippen molar-refractivity contribution in [1.29, 1.82) is 0 Å². The van der Waals surface area contributed by atoms with E-state index in [1.807, 2.05) is 49.4 Å². The first kappa shape index (κ1) is 18.4. The molecule has 27 heavy (non-hydrogen) atoms. The lowest BCUT2D eigenvalue weighted by Gasteiger charge is -2.14. The Morgan fingerprint density at radius 1 is 1.11 bits per heavy atom. The quantitative estimate of drug-likeness (QED) is 0.656. The second kappa shape index (κ2) is 8.79. The van der Waals surface area contributed by atoms with Crippen molar-refractivity contribution >= 4 is 5.91 Å². The number of ether oxygens (including phenoxy) is 2. The lowest BCUT2D eigenvalue weighted by molar-refractivity contribution is -0.127. The van der Waals surface area contributed by atoms with E-state index in [1.165, 1.54) is 0 Å². The topological polar surface area (TPSA) is 91.2 Å². The molecule has 8 nitrogen and oxygen atoms in total.